The number of nitrogens with one attached hydrogen (secondary N) is 1. The maximum atomic E-state index is 12.0. The number of anilines is 1. The lowest BCUT2D eigenvalue weighted by molar-refractivity contribution is 0.0398. The van der Waals surface area contributed by atoms with Crippen LogP contribution in [0.2, 0.25) is 0 Å². The van der Waals surface area contributed by atoms with Crippen LogP contribution in [0.4, 0.5) is 5.69 Å². The summed E-state index contributed by atoms with van der Waals surface area (Å²) >= 11 is 0. The van der Waals surface area contributed by atoms with Crippen LogP contribution >= 0.6 is 0 Å². The SMILES string of the molecule is Cn1ccc2cc(NCCN3CCOCC3)ccc2c1=O. The number of ether oxygens (including phenoxy) is 1. The Morgan fingerprint density at radius 2 is 2.05 bits per heavy atom. The van der Waals surface area contributed by atoms with Crippen molar-refractivity contribution in [3.63, 3.8) is 0 Å². The third kappa shape index (κ3) is 3.25. The van der Waals surface area contributed by atoms with Gasteiger partial charge in [-0.05, 0) is 29.7 Å². The summed E-state index contributed by atoms with van der Waals surface area (Å²) in [5.74, 6) is 0. The number of fused-ring (bicyclic) bond motifs is 1. The maximum Gasteiger partial charge on any atom is 0.258 e. The molecule has 0 radical (unpaired) electrons. The molecule has 1 aliphatic heterocycles. The van der Waals surface area contributed by atoms with Crippen molar-refractivity contribution in [3.05, 3.63) is 40.8 Å². The van der Waals surface area contributed by atoms with Crippen LogP contribution in [0.5, 0.6) is 0 Å². The molecule has 5 nitrogen and oxygen atoms in total. The van der Waals surface area contributed by atoms with Gasteiger partial charge in [0, 0.05) is 50.5 Å². The summed E-state index contributed by atoms with van der Waals surface area (Å²) in [7, 11) is 1.77. The first-order valence-electron chi connectivity index (χ1n) is 7.37. The van der Waals surface area contributed by atoms with Gasteiger partial charge >= 0.3 is 0 Å². The highest BCUT2D eigenvalue weighted by Crippen LogP contribution is 2.16. The second kappa shape index (κ2) is 6.28. The summed E-state index contributed by atoms with van der Waals surface area (Å²) in [6.07, 6.45) is 1.81. The molecule has 0 amide bonds. The topological polar surface area (TPSA) is 46.5 Å². The van der Waals surface area contributed by atoms with Crippen LogP contribution < -0.4 is 10.9 Å². The van der Waals surface area contributed by atoms with E-state index in [1.165, 1.54) is 0 Å². The lowest BCUT2D eigenvalue weighted by atomic mass is 10.1. The van der Waals surface area contributed by atoms with E-state index in [9.17, 15) is 4.79 Å². The summed E-state index contributed by atoms with van der Waals surface area (Å²) in [6.45, 7) is 5.59. The Morgan fingerprint density at radius 3 is 2.86 bits per heavy atom. The second-order valence-electron chi connectivity index (χ2n) is 5.41. The van der Waals surface area contributed by atoms with E-state index in [1.54, 1.807) is 11.6 Å². The van der Waals surface area contributed by atoms with E-state index in [-0.39, 0.29) is 5.56 Å². The van der Waals surface area contributed by atoms with Gasteiger partial charge in [-0.3, -0.25) is 9.69 Å². The molecule has 1 fully saturated rings. The minimum atomic E-state index is 0.0485. The van der Waals surface area contributed by atoms with E-state index < -0.39 is 0 Å². The van der Waals surface area contributed by atoms with Crippen molar-refractivity contribution in [2.24, 2.45) is 7.05 Å². The first-order chi connectivity index (χ1) is 10.2. The summed E-state index contributed by atoms with van der Waals surface area (Å²) in [5.41, 5.74) is 1.11. The number of aryl methyl sites for hydroxylation is 1. The molecule has 0 atom stereocenters. The smallest absolute Gasteiger partial charge is 0.258 e. The molecule has 3 rings (SSSR count). The van der Waals surface area contributed by atoms with Crippen molar-refractivity contribution in [2.45, 2.75) is 0 Å². The standard InChI is InChI=1S/C16H21N3O2/c1-18-6-4-13-12-14(2-3-15(13)16(18)20)17-5-7-19-8-10-21-11-9-19/h2-4,6,12,17H,5,7-11H2,1H3. The van der Waals surface area contributed by atoms with Gasteiger partial charge in [-0.2, -0.15) is 0 Å². The largest absolute Gasteiger partial charge is 0.384 e. The highest BCUT2D eigenvalue weighted by atomic mass is 16.5. The normalized spacial score (nSPS) is 16.2. The molecule has 0 aliphatic carbocycles. The molecule has 0 bridgehead atoms. The van der Waals surface area contributed by atoms with Crippen molar-refractivity contribution in [1.82, 2.24) is 9.47 Å². The van der Waals surface area contributed by atoms with Crippen molar-refractivity contribution in [3.8, 4) is 0 Å². The van der Waals surface area contributed by atoms with Gasteiger partial charge in [0.2, 0.25) is 0 Å². The average Bonchev–Trinajstić information content (AvgIpc) is 2.52. The maximum absolute atomic E-state index is 12.0. The zero-order valence-electron chi connectivity index (χ0n) is 12.3. The Labute approximate surface area is 124 Å². The van der Waals surface area contributed by atoms with E-state index in [0.29, 0.717) is 0 Å². The molecule has 1 aromatic heterocycles. The number of morpholine rings is 1. The summed E-state index contributed by atoms with van der Waals surface area (Å²) in [6, 6.07) is 7.89. The number of aromatic nitrogens is 1. The van der Waals surface area contributed by atoms with Crippen molar-refractivity contribution in [1.29, 1.82) is 0 Å². The first-order valence-corrected chi connectivity index (χ1v) is 7.37. The Kier molecular flexibility index (Phi) is 4.22. The van der Waals surface area contributed by atoms with Crippen LogP contribution in [0.15, 0.2) is 35.3 Å². The molecule has 112 valence electrons. The Balaban J connectivity index is 1.64. The van der Waals surface area contributed by atoms with Gasteiger partial charge in [-0.15, -0.1) is 0 Å². The third-order valence-corrected chi connectivity index (χ3v) is 3.94. The van der Waals surface area contributed by atoms with Crippen LogP contribution in [0.1, 0.15) is 0 Å². The molecule has 1 aliphatic rings. The van der Waals surface area contributed by atoms with E-state index in [0.717, 1.165) is 55.9 Å². The van der Waals surface area contributed by atoms with E-state index >= 15 is 0 Å². The van der Waals surface area contributed by atoms with Gasteiger partial charge in [-0.25, -0.2) is 0 Å². The molecule has 1 aromatic carbocycles. The highest BCUT2D eigenvalue weighted by Gasteiger charge is 2.09. The van der Waals surface area contributed by atoms with Crippen LogP contribution in [0, 0.1) is 0 Å². The van der Waals surface area contributed by atoms with E-state index in [4.69, 9.17) is 4.74 Å². The van der Waals surface area contributed by atoms with E-state index in [1.807, 2.05) is 30.5 Å². The number of pyridine rings is 1. The second-order valence-corrected chi connectivity index (χ2v) is 5.41. The summed E-state index contributed by atoms with van der Waals surface area (Å²) in [5, 5.41) is 5.17. The molecule has 21 heavy (non-hydrogen) atoms. The van der Waals surface area contributed by atoms with Gasteiger partial charge in [-0.1, -0.05) is 0 Å². The third-order valence-electron chi connectivity index (χ3n) is 3.94. The molecule has 1 N–H and O–H groups in total. The minimum absolute atomic E-state index is 0.0485. The predicted molar refractivity (Wildman–Crippen MR) is 84.9 cm³/mol. The highest BCUT2D eigenvalue weighted by molar-refractivity contribution is 5.84. The fourth-order valence-electron chi connectivity index (χ4n) is 2.64. The fraction of sp³-hybridized carbons (Fsp3) is 0.438. The Bertz CT molecular complexity index is 675. The monoisotopic (exact) mass is 287 g/mol. The molecular formula is C16H21N3O2. The molecule has 0 unspecified atom stereocenters. The van der Waals surface area contributed by atoms with Crippen molar-refractivity contribution in [2.75, 3.05) is 44.7 Å². The Morgan fingerprint density at radius 1 is 1.24 bits per heavy atom. The first kappa shape index (κ1) is 14.1. The minimum Gasteiger partial charge on any atom is -0.384 e. The van der Waals surface area contributed by atoms with Crippen LogP contribution in [-0.2, 0) is 11.8 Å². The zero-order valence-corrected chi connectivity index (χ0v) is 12.3. The predicted octanol–water partition coefficient (Wildman–Crippen LogP) is 1.28. The van der Waals surface area contributed by atoms with Crippen molar-refractivity contribution >= 4 is 16.5 Å². The molecule has 2 heterocycles. The van der Waals surface area contributed by atoms with Gasteiger partial charge in [0.15, 0.2) is 0 Å². The number of benzene rings is 1. The van der Waals surface area contributed by atoms with Gasteiger partial charge in [0.05, 0.1) is 13.2 Å². The Hall–Kier alpha value is -1.85. The molecular weight excluding hydrogens is 266 g/mol. The molecule has 1 saturated heterocycles. The lowest BCUT2D eigenvalue weighted by Crippen LogP contribution is -2.39. The van der Waals surface area contributed by atoms with Crippen LogP contribution in [-0.4, -0.2) is 48.9 Å². The number of hydrogen-bond donors (Lipinski definition) is 1. The van der Waals surface area contributed by atoms with Gasteiger partial charge in [0.25, 0.3) is 5.56 Å². The number of rotatable bonds is 4. The molecule has 0 saturated carbocycles. The van der Waals surface area contributed by atoms with Crippen LogP contribution in [0.25, 0.3) is 10.8 Å². The zero-order chi connectivity index (χ0) is 14.7. The molecule has 2 aromatic rings. The fourth-order valence-corrected chi connectivity index (χ4v) is 2.64. The van der Waals surface area contributed by atoms with Crippen LogP contribution in [0.3, 0.4) is 0 Å². The lowest BCUT2D eigenvalue weighted by Gasteiger charge is -2.26. The quantitative estimate of drug-likeness (QED) is 0.920. The summed E-state index contributed by atoms with van der Waals surface area (Å²) < 4.78 is 6.94. The number of hydrogen-bond acceptors (Lipinski definition) is 4. The van der Waals surface area contributed by atoms with E-state index in [2.05, 4.69) is 10.2 Å². The van der Waals surface area contributed by atoms with Gasteiger partial charge < -0.3 is 14.6 Å². The number of nitrogens with zero attached hydrogens (tertiary/aromatic N) is 2. The average molecular weight is 287 g/mol. The summed E-state index contributed by atoms with van der Waals surface area (Å²) in [4.78, 5) is 14.4. The molecule has 5 heteroatoms. The van der Waals surface area contributed by atoms with Gasteiger partial charge in [0.1, 0.15) is 0 Å². The van der Waals surface area contributed by atoms with Crippen molar-refractivity contribution < 1.29 is 4.74 Å². The molecule has 0 spiro atoms.